The number of hydrogen-bond donors (Lipinski definition) is 2. The molecule has 2 aromatic rings. The van der Waals surface area contributed by atoms with Crippen molar-refractivity contribution < 1.29 is 14.4 Å². The molecule has 1 fully saturated rings. The van der Waals surface area contributed by atoms with Crippen LogP contribution in [0, 0.1) is 11.8 Å². The highest BCUT2D eigenvalue weighted by molar-refractivity contribution is 6.09. The number of carbonyl (C=O) groups is 3. The summed E-state index contributed by atoms with van der Waals surface area (Å²) in [5.41, 5.74) is 1.53. The third kappa shape index (κ3) is 2.52. The van der Waals surface area contributed by atoms with Crippen molar-refractivity contribution in [1.29, 1.82) is 0 Å². The van der Waals surface area contributed by atoms with E-state index in [-0.39, 0.29) is 23.7 Å². The van der Waals surface area contributed by atoms with Crippen molar-refractivity contribution in [1.82, 2.24) is 14.9 Å². The second kappa shape index (κ2) is 5.84. The Morgan fingerprint density at radius 2 is 1.84 bits per heavy atom. The standard InChI is InChI=1S/C18H18N4O3/c1-10(22-16(24)11-6-2-3-7-12(11)17(22)25)15(23)21-18-19-13-8-4-5-9-14(13)20-18/h2-5,8-12H,6-7H2,1H3,(H2,19,20,21,23)/t10-,11-,12-/m0/s1. The highest BCUT2D eigenvalue weighted by atomic mass is 16.2. The van der Waals surface area contributed by atoms with Crippen LogP contribution in [0.5, 0.6) is 0 Å². The summed E-state index contributed by atoms with van der Waals surface area (Å²) in [7, 11) is 0. The first kappa shape index (κ1) is 15.6. The predicted octanol–water partition coefficient (Wildman–Crippen LogP) is 1.84. The quantitative estimate of drug-likeness (QED) is 0.659. The van der Waals surface area contributed by atoms with Crippen molar-refractivity contribution in [3.8, 4) is 0 Å². The number of hydrogen-bond acceptors (Lipinski definition) is 4. The smallest absolute Gasteiger partial charge is 0.249 e. The molecule has 0 bridgehead atoms. The van der Waals surface area contributed by atoms with Gasteiger partial charge in [0.05, 0.1) is 22.9 Å². The van der Waals surface area contributed by atoms with Crippen LogP contribution < -0.4 is 5.32 Å². The minimum Gasteiger partial charge on any atom is -0.324 e. The van der Waals surface area contributed by atoms with Crippen LogP contribution in [-0.4, -0.2) is 38.6 Å². The summed E-state index contributed by atoms with van der Waals surface area (Å²) >= 11 is 0. The predicted molar refractivity (Wildman–Crippen MR) is 91.4 cm³/mol. The fraction of sp³-hybridized carbons (Fsp3) is 0.333. The third-order valence-corrected chi connectivity index (χ3v) is 4.94. The summed E-state index contributed by atoms with van der Waals surface area (Å²) in [5.74, 6) is -1.32. The monoisotopic (exact) mass is 338 g/mol. The Balaban J connectivity index is 1.52. The lowest BCUT2D eigenvalue weighted by Gasteiger charge is -2.21. The van der Waals surface area contributed by atoms with Crippen LogP contribution in [0.15, 0.2) is 36.4 Å². The minimum absolute atomic E-state index is 0.258. The van der Waals surface area contributed by atoms with Gasteiger partial charge in [-0.25, -0.2) is 4.98 Å². The maximum absolute atomic E-state index is 12.6. The summed E-state index contributed by atoms with van der Waals surface area (Å²) in [4.78, 5) is 46.1. The topological polar surface area (TPSA) is 95.2 Å². The molecule has 7 nitrogen and oxygen atoms in total. The maximum Gasteiger partial charge on any atom is 0.249 e. The molecule has 2 aliphatic rings. The molecule has 3 atom stereocenters. The van der Waals surface area contributed by atoms with Crippen LogP contribution in [0.4, 0.5) is 5.95 Å². The zero-order valence-electron chi connectivity index (χ0n) is 13.7. The van der Waals surface area contributed by atoms with Crippen molar-refractivity contribution in [2.75, 3.05) is 5.32 Å². The van der Waals surface area contributed by atoms with Crippen molar-refractivity contribution in [3.63, 3.8) is 0 Å². The second-order valence-electron chi connectivity index (χ2n) is 6.47. The first-order valence-corrected chi connectivity index (χ1v) is 8.34. The van der Waals surface area contributed by atoms with Gasteiger partial charge in [-0.1, -0.05) is 24.3 Å². The van der Waals surface area contributed by atoms with Crippen LogP contribution in [-0.2, 0) is 14.4 Å². The van der Waals surface area contributed by atoms with Gasteiger partial charge in [0, 0.05) is 0 Å². The van der Waals surface area contributed by atoms with Crippen molar-refractivity contribution in [2.24, 2.45) is 11.8 Å². The van der Waals surface area contributed by atoms with Gasteiger partial charge in [-0.15, -0.1) is 0 Å². The molecule has 25 heavy (non-hydrogen) atoms. The lowest BCUT2D eigenvalue weighted by atomic mass is 9.85. The first-order chi connectivity index (χ1) is 12.1. The van der Waals surface area contributed by atoms with E-state index in [1.165, 1.54) is 0 Å². The molecule has 1 aromatic heterocycles. The molecule has 1 saturated heterocycles. The highest BCUT2D eigenvalue weighted by Crippen LogP contribution is 2.36. The summed E-state index contributed by atoms with van der Waals surface area (Å²) in [6.45, 7) is 1.57. The molecule has 0 spiro atoms. The Morgan fingerprint density at radius 3 is 2.48 bits per heavy atom. The Hall–Kier alpha value is -2.96. The van der Waals surface area contributed by atoms with Crippen LogP contribution in [0.1, 0.15) is 19.8 Å². The van der Waals surface area contributed by atoms with Gasteiger partial charge in [0.15, 0.2) is 0 Å². The Labute approximate surface area is 144 Å². The van der Waals surface area contributed by atoms with Gasteiger partial charge in [0.25, 0.3) is 0 Å². The Bertz CT molecular complexity index is 842. The molecule has 0 radical (unpaired) electrons. The van der Waals surface area contributed by atoms with Gasteiger partial charge in [-0.2, -0.15) is 0 Å². The number of nitrogens with zero attached hydrogens (tertiary/aromatic N) is 2. The summed E-state index contributed by atoms with van der Waals surface area (Å²) in [6.07, 6.45) is 4.97. The Morgan fingerprint density at radius 1 is 1.20 bits per heavy atom. The molecule has 0 saturated carbocycles. The van der Waals surface area contributed by atoms with Crippen molar-refractivity contribution in [2.45, 2.75) is 25.8 Å². The van der Waals surface area contributed by atoms with Crippen LogP contribution in [0.2, 0.25) is 0 Å². The number of carbonyl (C=O) groups excluding carboxylic acids is 3. The lowest BCUT2D eigenvalue weighted by molar-refractivity contribution is -0.146. The number of amides is 3. The fourth-order valence-corrected chi connectivity index (χ4v) is 3.56. The van der Waals surface area contributed by atoms with Gasteiger partial charge in [-0.05, 0) is 31.9 Å². The van der Waals surface area contributed by atoms with E-state index in [9.17, 15) is 14.4 Å². The molecule has 4 rings (SSSR count). The number of allylic oxidation sites excluding steroid dienone is 2. The number of nitrogens with one attached hydrogen (secondary N) is 2. The minimum atomic E-state index is -0.876. The number of anilines is 1. The number of aromatic nitrogens is 2. The average molecular weight is 338 g/mol. The molecule has 0 unspecified atom stereocenters. The van der Waals surface area contributed by atoms with Gasteiger partial charge in [0.1, 0.15) is 6.04 Å². The summed E-state index contributed by atoms with van der Waals surface area (Å²) < 4.78 is 0. The molecule has 1 aromatic carbocycles. The first-order valence-electron chi connectivity index (χ1n) is 8.34. The number of H-pyrrole nitrogens is 1. The normalized spacial score (nSPS) is 23.8. The van der Waals surface area contributed by atoms with Gasteiger partial charge in [0.2, 0.25) is 23.7 Å². The average Bonchev–Trinajstić information content (AvgIpc) is 3.13. The van der Waals surface area contributed by atoms with E-state index in [2.05, 4.69) is 15.3 Å². The molecule has 7 heteroatoms. The van der Waals surface area contributed by atoms with E-state index in [4.69, 9.17) is 0 Å². The largest absolute Gasteiger partial charge is 0.324 e. The molecule has 1 aliphatic carbocycles. The third-order valence-electron chi connectivity index (χ3n) is 4.94. The molecule has 2 N–H and O–H groups in total. The SMILES string of the molecule is C[C@@H](C(=O)Nc1nc2ccccc2[nH]1)N1C(=O)[C@H]2CC=CC[C@@H]2C1=O. The van der Waals surface area contributed by atoms with E-state index in [1.807, 2.05) is 36.4 Å². The Kier molecular flexibility index (Phi) is 3.63. The molecular weight excluding hydrogens is 320 g/mol. The number of aromatic amines is 1. The fourth-order valence-electron chi connectivity index (χ4n) is 3.56. The maximum atomic E-state index is 12.6. The van der Waals surface area contributed by atoms with Gasteiger partial charge < -0.3 is 4.98 Å². The molecular formula is C18H18N4O3. The van der Waals surface area contributed by atoms with Crippen LogP contribution >= 0.6 is 0 Å². The second-order valence-corrected chi connectivity index (χ2v) is 6.47. The van der Waals surface area contributed by atoms with Crippen LogP contribution in [0.25, 0.3) is 11.0 Å². The van der Waals surface area contributed by atoms with E-state index in [0.717, 1.165) is 15.9 Å². The lowest BCUT2D eigenvalue weighted by Crippen LogP contribution is -2.46. The molecule has 2 heterocycles. The van der Waals surface area contributed by atoms with Gasteiger partial charge >= 0.3 is 0 Å². The number of imidazole rings is 1. The van der Waals surface area contributed by atoms with Crippen LogP contribution in [0.3, 0.4) is 0 Å². The number of fused-ring (bicyclic) bond motifs is 2. The van der Waals surface area contributed by atoms with E-state index in [1.54, 1.807) is 6.92 Å². The van der Waals surface area contributed by atoms with Crippen molar-refractivity contribution in [3.05, 3.63) is 36.4 Å². The highest BCUT2D eigenvalue weighted by Gasteiger charge is 2.50. The van der Waals surface area contributed by atoms with Gasteiger partial charge in [-0.3, -0.25) is 24.6 Å². The number of imide groups is 1. The number of likely N-dealkylation sites (tertiary alicyclic amines) is 1. The number of para-hydroxylation sites is 2. The molecule has 3 amide bonds. The van der Waals surface area contributed by atoms with E-state index < -0.39 is 11.9 Å². The van der Waals surface area contributed by atoms with E-state index >= 15 is 0 Å². The zero-order valence-corrected chi connectivity index (χ0v) is 13.7. The number of rotatable bonds is 3. The van der Waals surface area contributed by atoms with Crippen molar-refractivity contribution >= 4 is 34.7 Å². The summed E-state index contributed by atoms with van der Waals surface area (Å²) in [6, 6.07) is 6.53. The van der Waals surface area contributed by atoms with E-state index in [0.29, 0.717) is 18.8 Å². The zero-order chi connectivity index (χ0) is 17.6. The summed E-state index contributed by atoms with van der Waals surface area (Å²) in [5, 5.41) is 2.66. The number of benzene rings is 1. The molecule has 1 aliphatic heterocycles. The molecule has 128 valence electrons.